The van der Waals surface area contributed by atoms with Gasteiger partial charge in [0.05, 0.1) is 16.8 Å². The molecular weight excluding hydrogens is 546 g/mol. The molecule has 0 radical (unpaired) electrons. The van der Waals surface area contributed by atoms with Crippen LogP contribution in [-0.4, -0.2) is 27.1 Å². The summed E-state index contributed by atoms with van der Waals surface area (Å²) in [7, 11) is -4.01. The van der Waals surface area contributed by atoms with E-state index in [1.54, 1.807) is 60.7 Å². The minimum absolute atomic E-state index is 0.103. The molecule has 4 aromatic rings. The van der Waals surface area contributed by atoms with Gasteiger partial charge >= 0.3 is 0 Å². The SMILES string of the molecule is Cc1ccc(S(=O)(=O)N(CC(=O)N/N=C\c2ccc(OCc3cccc(Cl)c3)cc2)c2cc(C)cc(C)c2)cc1. The van der Waals surface area contributed by atoms with Crippen molar-refractivity contribution in [2.75, 3.05) is 10.8 Å². The second-order valence-corrected chi connectivity index (χ2v) is 11.8. The number of hydrogen-bond donors (Lipinski definition) is 1. The first kappa shape index (κ1) is 28.9. The van der Waals surface area contributed by atoms with Crippen molar-refractivity contribution in [3.63, 3.8) is 0 Å². The minimum atomic E-state index is -4.01. The Morgan fingerprint density at radius 1 is 0.900 bits per heavy atom. The van der Waals surface area contributed by atoms with E-state index in [1.165, 1.54) is 6.21 Å². The zero-order valence-corrected chi connectivity index (χ0v) is 24.0. The molecular formula is C31H30ClN3O4S. The van der Waals surface area contributed by atoms with Gasteiger partial charge in [0.2, 0.25) is 0 Å². The molecule has 1 amide bonds. The summed E-state index contributed by atoms with van der Waals surface area (Å²) in [4.78, 5) is 13.0. The van der Waals surface area contributed by atoms with Gasteiger partial charge in [0.1, 0.15) is 18.9 Å². The van der Waals surface area contributed by atoms with Crippen LogP contribution in [0.2, 0.25) is 5.02 Å². The summed E-state index contributed by atoms with van der Waals surface area (Å²) in [6, 6.07) is 26.6. The fourth-order valence-corrected chi connectivity index (χ4v) is 5.65. The van der Waals surface area contributed by atoms with Gasteiger partial charge in [0, 0.05) is 5.02 Å². The van der Waals surface area contributed by atoms with E-state index in [2.05, 4.69) is 10.5 Å². The van der Waals surface area contributed by atoms with Gasteiger partial charge in [-0.05, 0) is 104 Å². The number of sulfonamides is 1. The van der Waals surface area contributed by atoms with Crippen LogP contribution in [0.5, 0.6) is 5.75 Å². The third-order valence-electron chi connectivity index (χ3n) is 5.97. The van der Waals surface area contributed by atoms with Crippen LogP contribution >= 0.6 is 11.6 Å². The van der Waals surface area contributed by atoms with E-state index in [0.29, 0.717) is 23.1 Å². The lowest BCUT2D eigenvalue weighted by Gasteiger charge is -2.24. The summed E-state index contributed by atoms with van der Waals surface area (Å²) in [5, 5.41) is 4.67. The third-order valence-corrected chi connectivity index (χ3v) is 7.99. The number of carbonyl (C=O) groups is 1. The number of carbonyl (C=O) groups excluding carboxylic acids is 1. The maximum Gasteiger partial charge on any atom is 0.264 e. The van der Waals surface area contributed by atoms with E-state index < -0.39 is 22.5 Å². The third kappa shape index (κ3) is 7.71. The molecule has 0 aliphatic carbocycles. The van der Waals surface area contributed by atoms with Crippen molar-refractivity contribution in [3.8, 4) is 5.75 Å². The van der Waals surface area contributed by atoms with E-state index in [4.69, 9.17) is 16.3 Å². The average molecular weight is 576 g/mol. The van der Waals surface area contributed by atoms with Crippen LogP contribution in [-0.2, 0) is 21.4 Å². The topological polar surface area (TPSA) is 88.1 Å². The summed E-state index contributed by atoms with van der Waals surface area (Å²) < 4.78 is 34.1. The zero-order chi connectivity index (χ0) is 28.7. The molecule has 0 heterocycles. The number of nitrogens with one attached hydrogen (secondary N) is 1. The molecule has 4 aromatic carbocycles. The summed E-state index contributed by atoms with van der Waals surface area (Å²) in [6.07, 6.45) is 1.48. The van der Waals surface area contributed by atoms with Gasteiger partial charge in [0.25, 0.3) is 15.9 Å². The number of nitrogens with zero attached hydrogens (tertiary/aromatic N) is 2. The molecule has 7 nitrogen and oxygen atoms in total. The van der Waals surface area contributed by atoms with Crippen LogP contribution in [0.25, 0.3) is 0 Å². The van der Waals surface area contributed by atoms with E-state index in [1.807, 2.05) is 51.1 Å². The Labute approximate surface area is 240 Å². The minimum Gasteiger partial charge on any atom is -0.489 e. The number of anilines is 1. The molecule has 40 heavy (non-hydrogen) atoms. The van der Waals surface area contributed by atoms with Crippen molar-refractivity contribution in [1.82, 2.24) is 5.43 Å². The molecule has 0 aliphatic rings. The van der Waals surface area contributed by atoms with Gasteiger partial charge in [-0.1, -0.05) is 47.5 Å². The quantitative estimate of drug-likeness (QED) is 0.180. The summed E-state index contributed by atoms with van der Waals surface area (Å²) in [5.41, 5.74) is 7.25. The number of hydrogen-bond acceptors (Lipinski definition) is 5. The Hall–Kier alpha value is -4.14. The van der Waals surface area contributed by atoms with Gasteiger partial charge < -0.3 is 4.74 Å². The lowest BCUT2D eigenvalue weighted by Crippen LogP contribution is -2.39. The maximum atomic E-state index is 13.6. The summed E-state index contributed by atoms with van der Waals surface area (Å²) >= 11 is 6.01. The normalized spacial score (nSPS) is 11.4. The number of rotatable bonds is 10. The molecule has 0 saturated heterocycles. The molecule has 4 rings (SSSR count). The molecule has 0 bridgehead atoms. The lowest BCUT2D eigenvalue weighted by atomic mass is 10.1. The van der Waals surface area contributed by atoms with Crippen LogP contribution in [0.4, 0.5) is 5.69 Å². The van der Waals surface area contributed by atoms with Crippen molar-refractivity contribution in [2.45, 2.75) is 32.3 Å². The highest BCUT2D eigenvalue weighted by atomic mass is 35.5. The van der Waals surface area contributed by atoms with Crippen LogP contribution < -0.4 is 14.5 Å². The Balaban J connectivity index is 1.43. The Morgan fingerprint density at radius 3 is 2.23 bits per heavy atom. The molecule has 0 atom stereocenters. The van der Waals surface area contributed by atoms with Gasteiger partial charge in [0.15, 0.2) is 0 Å². The van der Waals surface area contributed by atoms with E-state index in [9.17, 15) is 13.2 Å². The van der Waals surface area contributed by atoms with E-state index >= 15 is 0 Å². The average Bonchev–Trinajstić information content (AvgIpc) is 2.91. The van der Waals surface area contributed by atoms with Gasteiger partial charge in [-0.15, -0.1) is 0 Å². The maximum absolute atomic E-state index is 13.6. The molecule has 1 N–H and O–H groups in total. The van der Waals surface area contributed by atoms with Crippen LogP contribution in [0.1, 0.15) is 27.8 Å². The Bertz CT molecular complexity index is 1600. The monoisotopic (exact) mass is 575 g/mol. The second-order valence-electron chi connectivity index (χ2n) is 9.45. The zero-order valence-electron chi connectivity index (χ0n) is 22.5. The van der Waals surface area contributed by atoms with Crippen LogP contribution in [0.3, 0.4) is 0 Å². The summed E-state index contributed by atoms with van der Waals surface area (Å²) in [6.45, 7) is 5.58. The van der Waals surface area contributed by atoms with E-state index in [-0.39, 0.29) is 4.90 Å². The molecule has 0 aliphatic heterocycles. The van der Waals surface area contributed by atoms with Crippen molar-refractivity contribution in [1.29, 1.82) is 0 Å². The molecule has 0 fully saturated rings. The Kier molecular flexibility index (Phi) is 9.24. The highest BCUT2D eigenvalue weighted by Crippen LogP contribution is 2.26. The predicted molar refractivity (Wildman–Crippen MR) is 160 cm³/mol. The number of hydrazone groups is 1. The van der Waals surface area contributed by atoms with Crippen molar-refractivity contribution in [3.05, 3.63) is 124 Å². The van der Waals surface area contributed by atoms with Gasteiger partial charge in [-0.2, -0.15) is 5.10 Å². The fraction of sp³-hybridized carbons (Fsp3) is 0.161. The van der Waals surface area contributed by atoms with E-state index in [0.717, 1.165) is 32.1 Å². The highest BCUT2D eigenvalue weighted by molar-refractivity contribution is 7.92. The van der Waals surface area contributed by atoms with Gasteiger partial charge in [-0.25, -0.2) is 13.8 Å². The first-order valence-corrected chi connectivity index (χ1v) is 14.4. The predicted octanol–water partition coefficient (Wildman–Crippen LogP) is 6.19. The van der Waals surface area contributed by atoms with Crippen LogP contribution in [0, 0.1) is 20.8 Å². The number of benzene rings is 4. The molecule has 0 spiro atoms. The van der Waals surface area contributed by atoms with Gasteiger partial charge in [-0.3, -0.25) is 9.10 Å². The fourth-order valence-electron chi connectivity index (χ4n) is 4.04. The standard InChI is InChI=1S/C31H30ClN3O4S/c1-22-7-13-30(14-8-22)40(37,38)35(28-16-23(2)15-24(3)17-28)20-31(36)34-33-19-25-9-11-29(12-10-25)39-21-26-5-4-6-27(32)18-26/h4-19H,20-21H2,1-3H3,(H,34,36)/b33-19-. The molecule has 0 unspecified atom stereocenters. The van der Waals surface area contributed by atoms with Crippen molar-refractivity contribution in [2.24, 2.45) is 5.10 Å². The van der Waals surface area contributed by atoms with Crippen molar-refractivity contribution >= 4 is 39.4 Å². The first-order valence-electron chi connectivity index (χ1n) is 12.6. The smallest absolute Gasteiger partial charge is 0.264 e. The Morgan fingerprint density at radius 2 is 1.57 bits per heavy atom. The number of ether oxygens (including phenoxy) is 1. The first-order chi connectivity index (χ1) is 19.1. The number of aryl methyl sites for hydroxylation is 3. The number of halogens is 1. The molecule has 0 saturated carbocycles. The number of amides is 1. The van der Waals surface area contributed by atoms with Crippen LogP contribution in [0.15, 0.2) is 101 Å². The largest absolute Gasteiger partial charge is 0.489 e. The molecule has 0 aromatic heterocycles. The molecule has 9 heteroatoms. The second kappa shape index (κ2) is 12.8. The molecule has 206 valence electrons. The summed E-state index contributed by atoms with van der Waals surface area (Å²) in [5.74, 6) is 0.0964. The van der Waals surface area contributed by atoms with Crippen molar-refractivity contribution < 1.29 is 17.9 Å². The lowest BCUT2D eigenvalue weighted by molar-refractivity contribution is -0.119. The highest BCUT2D eigenvalue weighted by Gasteiger charge is 2.27.